The zero-order chi connectivity index (χ0) is 21.6. The number of rotatable bonds is 7. The lowest BCUT2D eigenvalue weighted by atomic mass is 10.1. The molecule has 1 amide bonds. The monoisotopic (exact) mass is 418 g/mol. The second kappa shape index (κ2) is 9.98. The highest BCUT2D eigenvalue weighted by Gasteiger charge is 2.29. The Bertz CT molecular complexity index is 1000. The van der Waals surface area contributed by atoms with E-state index in [1.165, 1.54) is 5.56 Å². The minimum absolute atomic E-state index is 0.0496. The zero-order valence-corrected chi connectivity index (χ0v) is 18.3. The molecule has 4 rings (SSSR count). The summed E-state index contributed by atoms with van der Waals surface area (Å²) in [6, 6.07) is 14.1. The molecule has 0 bridgehead atoms. The normalized spacial score (nSPS) is 18.0. The Hall–Kier alpha value is -2.83. The van der Waals surface area contributed by atoms with Crippen LogP contribution in [-0.4, -0.2) is 58.0 Å². The molecule has 0 spiro atoms. The molecule has 0 radical (unpaired) electrons. The number of nitrogens with zero attached hydrogens (tertiary/aromatic N) is 4. The lowest BCUT2D eigenvalue weighted by Gasteiger charge is -2.26. The maximum Gasteiger partial charge on any atom is 0.236 e. The van der Waals surface area contributed by atoms with Gasteiger partial charge in [-0.2, -0.15) is 0 Å². The topological polar surface area (TPSA) is 58.6 Å². The van der Waals surface area contributed by atoms with Gasteiger partial charge in [-0.1, -0.05) is 32.0 Å². The molecule has 2 aromatic heterocycles. The highest BCUT2D eigenvalue weighted by Crippen LogP contribution is 2.20. The molecule has 0 unspecified atom stereocenters. The number of hydrogen-bond acceptors (Lipinski definition) is 5. The standard InChI is InChI=1S/C25H30N4O2/c1-19(2)13-29-16-22(31-18-20-7-10-26-11-8-20)15-28(17-25(29)30)14-21-9-12-27-24-6-4-3-5-23(21)24/h3-12,19,22H,13-18H2,1-2H3/t22-/m0/s1. The second-order valence-electron chi connectivity index (χ2n) is 8.64. The molecule has 1 fully saturated rings. The summed E-state index contributed by atoms with van der Waals surface area (Å²) >= 11 is 0. The van der Waals surface area contributed by atoms with Crippen LogP contribution in [0, 0.1) is 5.92 Å². The van der Waals surface area contributed by atoms with E-state index in [0.29, 0.717) is 38.7 Å². The molecule has 3 heterocycles. The first-order valence-electron chi connectivity index (χ1n) is 10.9. The van der Waals surface area contributed by atoms with Crippen molar-refractivity contribution in [2.24, 2.45) is 5.92 Å². The number of hydrogen-bond donors (Lipinski definition) is 0. The van der Waals surface area contributed by atoms with Gasteiger partial charge in [-0.3, -0.25) is 19.7 Å². The van der Waals surface area contributed by atoms with E-state index in [0.717, 1.165) is 23.0 Å². The number of carbonyl (C=O) groups is 1. The van der Waals surface area contributed by atoms with E-state index in [1.807, 2.05) is 41.4 Å². The Morgan fingerprint density at radius 2 is 1.87 bits per heavy atom. The maximum atomic E-state index is 13.0. The lowest BCUT2D eigenvalue weighted by molar-refractivity contribution is -0.132. The molecule has 0 saturated carbocycles. The van der Waals surface area contributed by atoms with Crippen LogP contribution in [0.15, 0.2) is 61.1 Å². The van der Waals surface area contributed by atoms with Crippen LogP contribution in [0.1, 0.15) is 25.0 Å². The van der Waals surface area contributed by atoms with Crippen molar-refractivity contribution in [1.82, 2.24) is 19.8 Å². The number of carbonyl (C=O) groups excluding carboxylic acids is 1. The van der Waals surface area contributed by atoms with E-state index in [9.17, 15) is 4.79 Å². The first kappa shape index (κ1) is 21.4. The van der Waals surface area contributed by atoms with Gasteiger partial charge < -0.3 is 9.64 Å². The maximum absolute atomic E-state index is 13.0. The summed E-state index contributed by atoms with van der Waals surface area (Å²) in [5.74, 6) is 0.586. The molecular formula is C25H30N4O2. The molecule has 1 aliphatic rings. The lowest BCUT2D eigenvalue weighted by Crippen LogP contribution is -2.40. The summed E-state index contributed by atoms with van der Waals surface area (Å²) in [5, 5.41) is 1.13. The van der Waals surface area contributed by atoms with Crippen molar-refractivity contribution in [1.29, 1.82) is 0 Å². The van der Waals surface area contributed by atoms with E-state index in [4.69, 9.17) is 4.74 Å². The molecule has 1 aliphatic heterocycles. The molecule has 3 aromatic rings. The fraction of sp³-hybridized carbons (Fsp3) is 0.400. The zero-order valence-electron chi connectivity index (χ0n) is 18.3. The van der Waals surface area contributed by atoms with E-state index < -0.39 is 0 Å². The molecule has 0 N–H and O–H groups in total. The highest BCUT2D eigenvalue weighted by atomic mass is 16.5. The largest absolute Gasteiger partial charge is 0.370 e. The van der Waals surface area contributed by atoms with E-state index in [2.05, 4.69) is 40.8 Å². The summed E-state index contributed by atoms with van der Waals surface area (Å²) in [6.45, 7) is 7.98. The van der Waals surface area contributed by atoms with Crippen molar-refractivity contribution < 1.29 is 9.53 Å². The Labute approximate surface area is 183 Å². The Balaban J connectivity index is 1.52. The molecule has 1 atom stereocenters. The molecule has 6 nitrogen and oxygen atoms in total. The number of benzene rings is 1. The highest BCUT2D eigenvalue weighted by molar-refractivity contribution is 5.82. The third kappa shape index (κ3) is 5.66. The summed E-state index contributed by atoms with van der Waals surface area (Å²) in [7, 11) is 0. The van der Waals surface area contributed by atoms with Gasteiger partial charge in [-0.05, 0) is 41.3 Å². The number of pyridine rings is 2. The second-order valence-corrected chi connectivity index (χ2v) is 8.64. The van der Waals surface area contributed by atoms with Gasteiger partial charge in [0.25, 0.3) is 0 Å². The van der Waals surface area contributed by atoms with Crippen molar-refractivity contribution in [3.63, 3.8) is 0 Å². The minimum Gasteiger partial charge on any atom is -0.370 e. The molecule has 162 valence electrons. The van der Waals surface area contributed by atoms with Crippen LogP contribution < -0.4 is 0 Å². The average molecular weight is 419 g/mol. The van der Waals surface area contributed by atoms with Crippen molar-refractivity contribution >= 4 is 16.8 Å². The van der Waals surface area contributed by atoms with Gasteiger partial charge in [0.2, 0.25) is 5.91 Å². The van der Waals surface area contributed by atoms with Gasteiger partial charge in [0.05, 0.1) is 24.8 Å². The van der Waals surface area contributed by atoms with Crippen molar-refractivity contribution in [2.45, 2.75) is 33.1 Å². The van der Waals surface area contributed by atoms with Crippen LogP contribution in [0.3, 0.4) is 0 Å². The summed E-state index contributed by atoms with van der Waals surface area (Å²) < 4.78 is 6.29. The van der Waals surface area contributed by atoms with E-state index in [1.54, 1.807) is 12.4 Å². The smallest absolute Gasteiger partial charge is 0.236 e. The Kier molecular flexibility index (Phi) is 6.89. The Morgan fingerprint density at radius 3 is 2.68 bits per heavy atom. The van der Waals surface area contributed by atoms with Crippen LogP contribution in [0.25, 0.3) is 10.9 Å². The van der Waals surface area contributed by atoms with Crippen LogP contribution in [0.2, 0.25) is 0 Å². The van der Waals surface area contributed by atoms with Gasteiger partial charge in [-0.15, -0.1) is 0 Å². The molecule has 0 aliphatic carbocycles. The third-order valence-corrected chi connectivity index (χ3v) is 5.55. The number of ether oxygens (including phenoxy) is 1. The third-order valence-electron chi connectivity index (χ3n) is 5.55. The minimum atomic E-state index is -0.0496. The quantitative estimate of drug-likeness (QED) is 0.588. The van der Waals surface area contributed by atoms with Crippen LogP contribution in [0.5, 0.6) is 0 Å². The first-order chi connectivity index (χ1) is 15.1. The van der Waals surface area contributed by atoms with Crippen LogP contribution >= 0.6 is 0 Å². The van der Waals surface area contributed by atoms with Gasteiger partial charge in [0, 0.05) is 50.2 Å². The Morgan fingerprint density at radius 1 is 1.06 bits per heavy atom. The number of para-hydroxylation sites is 1. The summed E-state index contributed by atoms with van der Waals surface area (Å²) in [5.41, 5.74) is 3.25. The van der Waals surface area contributed by atoms with Crippen molar-refractivity contribution in [3.8, 4) is 0 Å². The molecular weight excluding hydrogens is 388 g/mol. The van der Waals surface area contributed by atoms with Crippen LogP contribution in [0.4, 0.5) is 0 Å². The predicted molar refractivity (Wildman–Crippen MR) is 121 cm³/mol. The molecule has 6 heteroatoms. The first-order valence-corrected chi connectivity index (χ1v) is 10.9. The molecule has 31 heavy (non-hydrogen) atoms. The average Bonchev–Trinajstić information content (AvgIpc) is 2.91. The van der Waals surface area contributed by atoms with Crippen molar-refractivity contribution in [3.05, 3.63) is 72.2 Å². The molecule has 1 saturated heterocycles. The fourth-order valence-corrected chi connectivity index (χ4v) is 4.12. The number of aromatic nitrogens is 2. The van der Waals surface area contributed by atoms with Crippen molar-refractivity contribution in [2.75, 3.05) is 26.2 Å². The van der Waals surface area contributed by atoms with Gasteiger partial charge in [-0.25, -0.2) is 0 Å². The van der Waals surface area contributed by atoms with Gasteiger partial charge >= 0.3 is 0 Å². The summed E-state index contributed by atoms with van der Waals surface area (Å²) in [6.07, 6.45) is 5.36. The number of amides is 1. The van der Waals surface area contributed by atoms with Gasteiger partial charge in [0.15, 0.2) is 0 Å². The van der Waals surface area contributed by atoms with Gasteiger partial charge in [0.1, 0.15) is 0 Å². The SMILES string of the molecule is CC(C)CN1C[C@@H](OCc2ccncc2)CN(Cc2ccnc3ccccc23)CC1=O. The van der Waals surface area contributed by atoms with E-state index in [-0.39, 0.29) is 12.0 Å². The van der Waals surface area contributed by atoms with Crippen LogP contribution in [-0.2, 0) is 22.7 Å². The fourth-order valence-electron chi connectivity index (χ4n) is 4.12. The van der Waals surface area contributed by atoms with E-state index >= 15 is 0 Å². The molecule has 1 aromatic carbocycles. The number of fused-ring (bicyclic) bond motifs is 1. The predicted octanol–water partition coefficient (Wildman–Crippen LogP) is 3.52. The summed E-state index contributed by atoms with van der Waals surface area (Å²) in [4.78, 5) is 25.8.